The molecule has 0 aliphatic carbocycles. The molecule has 0 heterocycles. The standard InChI is InChI=1S/C25H24ClNO2/c1-4-17(3)29-25-23(26)13-18(14-24(25)28-5-2)12-22(16-27)21-11-10-19-8-6-7-9-20(19)15-21/h6-15,17H,4-5H2,1-3H3/b22-12-/t17-/m1/s1. The first kappa shape index (κ1) is 20.8. The molecule has 0 saturated heterocycles. The van der Waals surface area contributed by atoms with Crippen molar-refractivity contribution in [2.75, 3.05) is 6.61 Å². The van der Waals surface area contributed by atoms with Gasteiger partial charge < -0.3 is 9.47 Å². The van der Waals surface area contributed by atoms with Crippen molar-refractivity contribution in [3.8, 4) is 17.6 Å². The minimum Gasteiger partial charge on any atom is -0.490 e. The predicted molar refractivity (Wildman–Crippen MR) is 120 cm³/mol. The van der Waals surface area contributed by atoms with Crippen molar-refractivity contribution in [3.05, 3.63) is 70.7 Å². The van der Waals surface area contributed by atoms with E-state index in [-0.39, 0.29) is 6.10 Å². The second kappa shape index (κ2) is 9.49. The van der Waals surface area contributed by atoms with Gasteiger partial charge in [-0.1, -0.05) is 54.9 Å². The van der Waals surface area contributed by atoms with E-state index in [4.69, 9.17) is 21.1 Å². The lowest BCUT2D eigenvalue weighted by molar-refractivity contribution is 0.203. The second-order valence-corrected chi connectivity index (χ2v) is 7.24. The minimum absolute atomic E-state index is 0.0281. The normalized spacial score (nSPS) is 12.4. The van der Waals surface area contributed by atoms with Crippen LogP contribution in [0.2, 0.25) is 5.02 Å². The van der Waals surface area contributed by atoms with Crippen LogP contribution in [0.1, 0.15) is 38.3 Å². The van der Waals surface area contributed by atoms with E-state index in [0.717, 1.165) is 28.3 Å². The lowest BCUT2D eigenvalue weighted by Gasteiger charge is -2.18. The fraction of sp³-hybridized carbons (Fsp3) is 0.240. The van der Waals surface area contributed by atoms with Gasteiger partial charge in [0.05, 0.1) is 29.4 Å². The Balaban J connectivity index is 2.03. The molecule has 0 radical (unpaired) electrons. The molecule has 0 aromatic heterocycles. The van der Waals surface area contributed by atoms with E-state index < -0.39 is 0 Å². The first-order valence-corrected chi connectivity index (χ1v) is 10.2. The largest absolute Gasteiger partial charge is 0.490 e. The van der Waals surface area contributed by atoms with E-state index in [2.05, 4.69) is 19.1 Å². The molecule has 0 N–H and O–H groups in total. The Morgan fingerprint density at radius 2 is 1.86 bits per heavy atom. The topological polar surface area (TPSA) is 42.2 Å². The maximum atomic E-state index is 9.75. The molecule has 0 saturated carbocycles. The fourth-order valence-corrected chi connectivity index (χ4v) is 3.30. The number of rotatable bonds is 7. The maximum absolute atomic E-state index is 9.75. The molecule has 0 amide bonds. The third-order valence-corrected chi connectivity index (χ3v) is 5.00. The van der Waals surface area contributed by atoms with Crippen molar-refractivity contribution in [1.82, 2.24) is 0 Å². The lowest BCUT2D eigenvalue weighted by atomic mass is 10.00. The van der Waals surface area contributed by atoms with Gasteiger partial charge in [-0.05, 0) is 66.4 Å². The number of ether oxygens (including phenoxy) is 2. The van der Waals surface area contributed by atoms with Gasteiger partial charge in [-0.15, -0.1) is 0 Å². The molecule has 3 aromatic carbocycles. The van der Waals surface area contributed by atoms with Crippen LogP contribution < -0.4 is 9.47 Å². The Labute approximate surface area is 177 Å². The summed E-state index contributed by atoms with van der Waals surface area (Å²) < 4.78 is 11.7. The number of nitrogens with zero attached hydrogens (tertiary/aromatic N) is 1. The maximum Gasteiger partial charge on any atom is 0.180 e. The summed E-state index contributed by atoms with van der Waals surface area (Å²) in [6.07, 6.45) is 2.72. The molecule has 0 aliphatic rings. The van der Waals surface area contributed by atoms with Gasteiger partial charge >= 0.3 is 0 Å². The quantitative estimate of drug-likeness (QED) is 0.310. The highest BCUT2D eigenvalue weighted by Gasteiger charge is 2.15. The van der Waals surface area contributed by atoms with Gasteiger partial charge in [-0.3, -0.25) is 0 Å². The van der Waals surface area contributed by atoms with E-state index in [9.17, 15) is 5.26 Å². The van der Waals surface area contributed by atoms with E-state index >= 15 is 0 Å². The fourth-order valence-electron chi connectivity index (χ4n) is 3.04. The molecule has 0 spiro atoms. The van der Waals surface area contributed by atoms with E-state index in [1.807, 2.05) is 62.4 Å². The van der Waals surface area contributed by atoms with Crippen molar-refractivity contribution in [1.29, 1.82) is 5.26 Å². The van der Waals surface area contributed by atoms with Crippen LogP contribution in [0.15, 0.2) is 54.6 Å². The second-order valence-electron chi connectivity index (χ2n) is 6.83. The Morgan fingerprint density at radius 3 is 2.55 bits per heavy atom. The summed E-state index contributed by atoms with van der Waals surface area (Å²) in [5, 5.41) is 12.5. The Hall–Kier alpha value is -2.96. The van der Waals surface area contributed by atoms with Crippen LogP contribution in [0, 0.1) is 11.3 Å². The minimum atomic E-state index is 0.0281. The molecule has 0 aliphatic heterocycles. The molecular formula is C25H24ClNO2. The monoisotopic (exact) mass is 405 g/mol. The van der Waals surface area contributed by atoms with Crippen LogP contribution in [-0.2, 0) is 0 Å². The van der Waals surface area contributed by atoms with Crippen LogP contribution in [0.25, 0.3) is 22.4 Å². The number of nitriles is 1. The van der Waals surface area contributed by atoms with Gasteiger partial charge in [0.2, 0.25) is 0 Å². The smallest absolute Gasteiger partial charge is 0.180 e. The van der Waals surface area contributed by atoms with Crippen molar-refractivity contribution >= 4 is 34.0 Å². The summed E-state index contributed by atoms with van der Waals surface area (Å²) in [7, 11) is 0. The average molecular weight is 406 g/mol. The summed E-state index contributed by atoms with van der Waals surface area (Å²) >= 11 is 6.50. The van der Waals surface area contributed by atoms with E-state index in [1.165, 1.54) is 0 Å². The Morgan fingerprint density at radius 1 is 1.10 bits per heavy atom. The number of benzene rings is 3. The molecule has 1 atom stereocenters. The molecule has 3 nitrogen and oxygen atoms in total. The van der Waals surface area contributed by atoms with Gasteiger partial charge in [-0.2, -0.15) is 5.26 Å². The van der Waals surface area contributed by atoms with Crippen LogP contribution in [0.4, 0.5) is 0 Å². The third kappa shape index (κ3) is 4.91. The van der Waals surface area contributed by atoms with Crippen molar-refractivity contribution in [3.63, 3.8) is 0 Å². The number of hydrogen-bond acceptors (Lipinski definition) is 3. The first-order chi connectivity index (χ1) is 14.0. The molecule has 3 aromatic rings. The zero-order valence-electron chi connectivity index (χ0n) is 16.9. The molecule has 3 rings (SSSR count). The molecule has 148 valence electrons. The van der Waals surface area contributed by atoms with Gasteiger partial charge in [0.25, 0.3) is 0 Å². The molecule has 4 heteroatoms. The molecule has 0 fully saturated rings. The predicted octanol–water partition coefficient (Wildman–Crippen LogP) is 7.13. The molecule has 29 heavy (non-hydrogen) atoms. The van der Waals surface area contributed by atoms with Crippen LogP contribution in [0.3, 0.4) is 0 Å². The van der Waals surface area contributed by atoms with Crippen LogP contribution in [-0.4, -0.2) is 12.7 Å². The zero-order valence-corrected chi connectivity index (χ0v) is 17.7. The van der Waals surface area contributed by atoms with Gasteiger partial charge in [0.1, 0.15) is 0 Å². The zero-order chi connectivity index (χ0) is 20.8. The Bertz CT molecular complexity index is 1080. The summed E-state index contributed by atoms with van der Waals surface area (Å²) in [5.74, 6) is 1.13. The molecule has 0 unspecified atom stereocenters. The van der Waals surface area contributed by atoms with Crippen LogP contribution >= 0.6 is 11.6 Å². The number of halogens is 1. The summed E-state index contributed by atoms with van der Waals surface area (Å²) in [5.41, 5.74) is 2.21. The van der Waals surface area contributed by atoms with Crippen molar-refractivity contribution < 1.29 is 9.47 Å². The highest BCUT2D eigenvalue weighted by atomic mass is 35.5. The first-order valence-electron chi connectivity index (χ1n) is 9.79. The molecular weight excluding hydrogens is 382 g/mol. The van der Waals surface area contributed by atoms with Gasteiger partial charge in [0.15, 0.2) is 11.5 Å². The highest BCUT2D eigenvalue weighted by molar-refractivity contribution is 6.32. The SMILES string of the molecule is CCOc1cc(/C=C(/C#N)c2ccc3ccccc3c2)cc(Cl)c1O[C@H](C)CC. The number of fused-ring (bicyclic) bond motifs is 1. The summed E-state index contributed by atoms with van der Waals surface area (Å²) in [6, 6.07) is 20.1. The average Bonchev–Trinajstić information content (AvgIpc) is 2.74. The van der Waals surface area contributed by atoms with E-state index in [1.54, 1.807) is 6.07 Å². The van der Waals surface area contributed by atoms with E-state index in [0.29, 0.717) is 28.7 Å². The Kier molecular flexibility index (Phi) is 6.80. The summed E-state index contributed by atoms with van der Waals surface area (Å²) in [6.45, 7) is 6.46. The van der Waals surface area contributed by atoms with Crippen LogP contribution in [0.5, 0.6) is 11.5 Å². The van der Waals surface area contributed by atoms with Gasteiger partial charge in [-0.25, -0.2) is 0 Å². The molecule has 0 bridgehead atoms. The number of hydrogen-bond donors (Lipinski definition) is 0. The third-order valence-electron chi connectivity index (χ3n) is 4.72. The lowest BCUT2D eigenvalue weighted by Crippen LogP contribution is -2.11. The highest BCUT2D eigenvalue weighted by Crippen LogP contribution is 2.38. The van der Waals surface area contributed by atoms with Gasteiger partial charge in [0, 0.05) is 0 Å². The van der Waals surface area contributed by atoms with Crippen molar-refractivity contribution in [2.24, 2.45) is 0 Å². The van der Waals surface area contributed by atoms with Crippen molar-refractivity contribution in [2.45, 2.75) is 33.3 Å². The number of allylic oxidation sites excluding steroid dienone is 1. The summed E-state index contributed by atoms with van der Waals surface area (Å²) in [4.78, 5) is 0.